The third kappa shape index (κ3) is 4.71. The molecule has 1 fully saturated rings. The van der Waals surface area contributed by atoms with Gasteiger partial charge in [-0.15, -0.1) is 0 Å². The van der Waals surface area contributed by atoms with Crippen LogP contribution in [0.4, 0.5) is 10.1 Å². The predicted octanol–water partition coefficient (Wildman–Crippen LogP) is 4.30. The van der Waals surface area contributed by atoms with Crippen molar-refractivity contribution in [2.45, 2.75) is 30.6 Å². The van der Waals surface area contributed by atoms with Gasteiger partial charge in [0.25, 0.3) is 5.91 Å². The Hall–Kier alpha value is -2.16. The third-order valence-electron chi connectivity index (χ3n) is 4.81. The van der Waals surface area contributed by atoms with Crippen molar-refractivity contribution in [1.29, 1.82) is 0 Å². The van der Waals surface area contributed by atoms with Gasteiger partial charge < -0.3 is 10.1 Å². The van der Waals surface area contributed by atoms with Crippen LogP contribution in [0.5, 0.6) is 5.75 Å². The minimum Gasteiger partial charge on any atom is -0.495 e. The number of sulfonamides is 1. The molecule has 2 aromatic rings. The quantitative estimate of drug-likeness (QED) is 0.751. The molecule has 9 heteroatoms. The molecule has 0 atom stereocenters. The second-order valence-electron chi connectivity index (χ2n) is 6.74. The molecule has 1 amide bonds. The predicted molar refractivity (Wildman–Crippen MR) is 110 cm³/mol. The van der Waals surface area contributed by atoms with E-state index in [1.807, 2.05) is 0 Å². The lowest BCUT2D eigenvalue weighted by Gasteiger charge is -2.21. The van der Waals surface area contributed by atoms with Crippen LogP contribution in [0.2, 0.25) is 5.02 Å². The van der Waals surface area contributed by atoms with Gasteiger partial charge in [-0.25, -0.2) is 12.8 Å². The highest BCUT2D eigenvalue weighted by atomic mass is 35.5. The van der Waals surface area contributed by atoms with Crippen LogP contribution in [0, 0.1) is 5.82 Å². The van der Waals surface area contributed by atoms with Crippen molar-refractivity contribution in [2.75, 3.05) is 25.5 Å². The molecule has 0 unspecified atom stereocenters. The molecule has 0 spiro atoms. The second kappa shape index (κ2) is 9.11. The lowest BCUT2D eigenvalue weighted by Crippen LogP contribution is -2.32. The van der Waals surface area contributed by atoms with E-state index in [1.54, 1.807) is 0 Å². The van der Waals surface area contributed by atoms with Crippen molar-refractivity contribution in [3.05, 3.63) is 52.8 Å². The zero-order valence-electron chi connectivity index (χ0n) is 16.0. The van der Waals surface area contributed by atoms with E-state index in [0.717, 1.165) is 25.7 Å². The molecule has 1 aliphatic rings. The highest BCUT2D eigenvalue weighted by Gasteiger charge is 2.29. The molecular formula is C20H22ClFN2O4S. The number of hydrogen-bond acceptors (Lipinski definition) is 4. The Balaban J connectivity index is 1.94. The molecule has 3 rings (SSSR count). The number of hydrogen-bond donors (Lipinski definition) is 1. The number of anilines is 1. The Bertz CT molecular complexity index is 1010. The topological polar surface area (TPSA) is 75.7 Å². The molecule has 2 aromatic carbocycles. The molecule has 1 heterocycles. The van der Waals surface area contributed by atoms with Crippen LogP contribution in [0.15, 0.2) is 41.3 Å². The first-order valence-corrected chi connectivity index (χ1v) is 11.1. The van der Waals surface area contributed by atoms with Crippen LogP contribution < -0.4 is 10.1 Å². The first-order valence-electron chi connectivity index (χ1n) is 9.28. The maximum Gasteiger partial charge on any atom is 0.255 e. The van der Waals surface area contributed by atoms with Gasteiger partial charge in [-0.2, -0.15) is 4.31 Å². The van der Waals surface area contributed by atoms with E-state index in [4.69, 9.17) is 16.3 Å². The maximum atomic E-state index is 14.1. The average Bonchev–Trinajstić information content (AvgIpc) is 3.01. The second-order valence-corrected chi connectivity index (χ2v) is 9.05. The van der Waals surface area contributed by atoms with Crippen molar-refractivity contribution in [2.24, 2.45) is 0 Å². The van der Waals surface area contributed by atoms with E-state index in [9.17, 15) is 17.6 Å². The number of rotatable bonds is 5. The zero-order chi connectivity index (χ0) is 21.0. The molecule has 0 aliphatic carbocycles. The summed E-state index contributed by atoms with van der Waals surface area (Å²) in [5, 5.41) is 2.30. The minimum absolute atomic E-state index is 0.0681. The molecular weight excluding hydrogens is 419 g/mol. The van der Waals surface area contributed by atoms with Gasteiger partial charge in [0.05, 0.1) is 17.8 Å². The van der Waals surface area contributed by atoms with Crippen LogP contribution in [-0.2, 0) is 10.0 Å². The zero-order valence-corrected chi connectivity index (χ0v) is 17.5. The highest BCUT2D eigenvalue weighted by Crippen LogP contribution is 2.30. The van der Waals surface area contributed by atoms with Gasteiger partial charge in [-0.3, -0.25) is 4.79 Å². The molecule has 0 radical (unpaired) electrons. The van der Waals surface area contributed by atoms with Gasteiger partial charge in [0, 0.05) is 18.7 Å². The smallest absolute Gasteiger partial charge is 0.255 e. The summed E-state index contributed by atoms with van der Waals surface area (Å²) in [5.74, 6) is -1.26. The molecule has 0 saturated carbocycles. The number of benzene rings is 2. The standard InChI is InChI=1S/C20H22ClFN2O4S/c1-28-17-10-9-14(20(25)23-16-8-6-7-15(21)19(16)22)13-18(17)29(26,27)24-11-4-2-3-5-12-24/h6-10,13H,2-5,11-12H2,1H3,(H,23,25). The Morgan fingerprint density at radius 2 is 1.83 bits per heavy atom. The summed E-state index contributed by atoms with van der Waals surface area (Å²) >= 11 is 5.74. The fourth-order valence-electron chi connectivity index (χ4n) is 3.24. The van der Waals surface area contributed by atoms with Crippen LogP contribution in [0.1, 0.15) is 36.0 Å². The molecule has 29 heavy (non-hydrogen) atoms. The van der Waals surface area contributed by atoms with Crippen LogP contribution >= 0.6 is 11.6 Å². The number of nitrogens with zero attached hydrogens (tertiary/aromatic N) is 1. The summed E-state index contributed by atoms with van der Waals surface area (Å²) in [6.07, 6.45) is 3.54. The van der Waals surface area contributed by atoms with E-state index in [1.165, 1.54) is 47.8 Å². The van der Waals surface area contributed by atoms with Crippen molar-refractivity contribution in [3.63, 3.8) is 0 Å². The van der Waals surface area contributed by atoms with E-state index in [-0.39, 0.29) is 26.9 Å². The molecule has 0 bridgehead atoms. The fraction of sp³-hybridized carbons (Fsp3) is 0.350. The largest absolute Gasteiger partial charge is 0.495 e. The minimum atomic E-state index is -3.84. The molecule has 1 N–H and O–H groups in total. The lowest BCUT2D eigenvalue weighted by atomic mass is 10.2. The number of ether oxygens (including phenoxy) is 1. The fourth-order valence-corrected chi connectivity index (χ4v) is 5.11. The monoisotopic (exact) mass is 440 g/mol. The van der Waals surface area contributed by atoms with Crippen LogP contribution in [0.3, 0.4) is 0 Å². The average molecular weight is 441 g/mol. The van der Waals surface area contributed by atoms with E-state index < -0.39 is 21.7 Å². The summed E-state index contributed by atoms with van der Waals surface area (Å²) in [6, 6.07) is 8.36. The number of amides is 1. The number of halogens is 2. The molecule has 1 aliphatic heterocycles. The van der Waals surface area contributed by atoms with Crippen molar-refractivity contribution in [1.82, 2.24) is 4.31 Å². The molecule has 156 valence electrons. The Labute approximate surface area is 174 Å². The summed E-state index contributed by atoms with van der Waals surface area (Å²) in [5.41, 5.74) is -0.0196. The summed E-state index contributed by atoms with van der Waals surface area (Å²) < 4.78 is 47.1. The molecule has 6 nitrogen and oxygen atoms in total. The summed E-state index contributed by atoms with van der Waals surface area (Å²) in [6.45, 7) is 0.852. The first-order chi connectivity index (χ1) is 13.8. The van der Waals surface area contributed by atoms with Gasteiger partial charge in [-0.05, 0) is 43.2 Å². The van der Waals surface area contributed by atoms with Gasteiger partial charge in [0.15, 0.2) is 5.82 Å². The molecule has 1 saturated heterocycles. The Morgan fingerprint density at radius 3 is 2.48 bits per heavy atom. The maximum absolute atomic E-state index is 14.1. The van der Waals surface area contributed by atoms with E-state index in [2.05, 4.69) is 5.32 Å². The van der Waals surface area contributed by atoms with Crippen LogP contribution in [-0.4, -0.2) is 38.8 Å². The number of carbonyl (C=O) groups excluding carboxylic acids is 1. The highest BCUT2D eigenvalue weighted by molar-refractivity contribution is 7.89. The van der Waals surface area contributed by atoms with Gasteiger partial charge >= 0.3 is 0 Å². The van der Waals surface area contributed by atoms with Gasteiger partial charge in [0.1, 0.15) is 10.6 Å². The van der Waals surface area contributed by atoms with E-state index in [0.29, 0.717) is 13.1 Å². The van der Waals surface area contributed by atoms with Gasteiger partial charge in [0.2, 0.25) is 10.0 Å². The van der Waals surface area contributed by atoms with Crippen LogP contribution in [0.25, 0.3) is 0 Å². The van der Waals surface area contributed by atoms with Gasteiger partial charge in [-0.1, -0.05) is 30.5 Å². The number of nitrogens with one attached hydrogen (secondary N) is 1. The number of methoxy groups -OCH3 is 1. The van der Waals surface area contributed by atoms with Crippen molar-refractivity contribution in [3.8, 4) is 5.75 Å². The lowest BCUT2D eigenvalue weighted by molar-refractivity contribution is 0.102. The number of carbonyl (C=O) groups is 1. The normalized spacial score (nSPS) is 15.6. The third-order valence-corrected chi connectivity index (χ3v) is 7.02. The van der Waals surface area contributed by atoms with Crippen molar-refractivity contribution < 1.29 is 22.3 Å². The van der Waals surface area contributed by atoms with E-state index >= 15 is 0 Å². The summed E-state index contributed by atoms with van der Waals surface area (Å²) in [7, 11) is -2.47. The first kappa shape index (κ1) is 21.5. The summed E-state index contributed by atoms with van der Waals surface area (Å²) in [4.78, 5) is 12.5. The van der Waals surface area contributed by atoms with Crippen molar-refractivity contribution >= 4 is 33.2 Å². The Kier molecular flexibility index (Phi) is 6.77. The SMILES string of the molecule is COc1ccc(C(=O)Nc2cccc(Cl)c2F)cc1S(=O)(=O)N1CCCCCC1. The Morgan fingerprint density at radius 1 is 1.14 bits per heavy atom. The molecule has 0 aromatic heterocycles.